The zero-order chi connectivity index (χ0) is 10.7. The van der Waals surface area contributed by atoms with Crippen molar-refractivity contribution in [1.29, 1.82) is 0 Å². The normalized spacial score (nSPS) is 10.3. The maximum absolute atomic E-state index is 5.91. The largest absolute Gasteiger partial charge is 0.379 e. The molecule has 2 rings (SSSR count). The van der Waals surface area contributed by atoms with Gasteiger partial charge in [-0.25, -0.2) is 0 Å². The number of hydrogen-bond donors (Lipinski definition) is 1. The van der Waals surface area contributed by atoms with Gasteiger partial charge in [-0.05, 0) is 34.1 Å². The average molecular weight is 304 g/mol. The van der Waals surface area contributed by atoms with Gasteiger partial charge in [-0.2, -0.15) is 0 Å². The van der Waals surface area contributed by atoms with Crippen LogP contribution in [0.25, 0.3) is 0 Å². The molecule has 0 aliphatic heterocycles. The van der Waals surface area contributed by atoms with Gasteiger partial charge in [-0.15, -0.1) is 11.3 Å². The van der Waals surface area contributed by atoms with E-state index in [1.165, 1.54) is 4.88 Å². The lowest BCUT2D eigenvalue weighted by molar-refractivity contribution is 1.17. The lowest BCUT2D eigenvalue weighted by atomic mass is 10.3. The first-order valence-electron chi connectivity index (χ1n) is 4.32. The molecule has 2 nitrogen and oxygen atoms in total. The van der Waals surface area contributed by atoms with Crippen LogP contribution in [0.1, 0.15) is 4.88 Å². The summed E-state index contributed by atoms with van der Waals surface area (Å²) < 4.78 is 1.01. The molecule has 1 aromatic carbocycles. The van der Waals surface area contributed by atoms with E-state index in [9.17, 15) is 0 Å². The van der Waals surface area contributed by atoms with Crippen LogP contribution in [0.2, 0.25) is 5.02 Å². The first kappa shape index (κ1) is 10.9. The Labute approximate surface area is 105 Å². The molecule has 0 saturated heterocycles. The number of aromatic nitrogens is 1. The van der Waals surface area contributed by atoms with Crippen molar-refractivity contribution in [2.45, 2.75) is 6.54 Å². The molecule has 1 aromatic heterocycles. The van der Waals surface area contributed by atoms with Crippen molar-refractivity contribution in [2.75, 3.05) is 5.32 Å². The quantitative estimate of drug-likeness (QED) is 0.920. The molecule has 0 unspecified atom stereocenters. The van der Waals surface area contributed by atoms with Gasteiger partial charge in [-0.3, -0.25) is 4.98 Å². The van der Waals surface area contributed by atoms with Crippen molar-refractivity contribution in [2.24, 2.45) is 0 Å². The first-order valence-corrected chi connectivity index (χ1v) is 6.37. The summed E-state index contributed by atoms with van der Waals surface area (Å²) in [4.78, 5) is 5.21. The monoisotopic (exact) mass is 302 g/mol. The first-order chi connectivity index (χ1) is 7.25. The second kappa shape index (κ2) is 4.96. The molecule has 0 aliphatic rings. The highest BCUT2D eigenvalue weighted by Gasteiger charge is 2.01. The smallest absolute Gasteiger partial charge is 0.0794 e. The van der Waals surface area contributed by atoms with Crippen molar-refractivity contribution in [3.05, 3.63) is 44.3 Å². The third-order valence-corrected chi connectivity index (χ3v) is 3.57. The topological polar surface area (TPSA) is 24.9 Å². The summed E-state index contributed by atoms with van der Waals surface area (Å²) in [5.41, 5.74) is 2.82. The minimum absolute atomic E-state index is 0.727. The van der Waals surface area contributed by atoms with E-state index in [0.717, 1.165) is 21.7 Å². The molecule has 15 heavy (non-hydrogen) atoms. The number of thiazole rings is 1. The lowest BCUT2D eigenvalue weighted by Gasteiger charge is -2.07. The second-order valence-corrected chi connectivity index (χ2v) is 5.21. The Morgan fingerprint density at radius 3 is 3.07 bits per heavy atom. The summed E-state index contributed by atoms with van der Waals surface area (Å²) in [7, 11) is 0. The van der Waals surface area contributed by atoms with Crippen molar-refractivity contribution < 1.29 is 0 Å². The molecule has 0 radical (unpaired) electrons. The predicted octanol–water partition coefficient (Wildman–Crippen LogP) is 4.17. The van der Waals surface area contributed by atoms with E-state index >= 15 is 0 Å². The number of benzene rings is 1. The molecule has 1 N–H and O–H groups in total. The number of nitrogens with one attached hydrogen (secondary N) is 1. The fourth-order valence-corrected chi connectivity index (χ4v) is 2.24. The lowest BCUT2D eigenvalue weighted by Crippen LogP contribution is -1.97. The summed E-state index contributed by atoms with van der Waals surface area (Å²) in [6, 6.07) is 5.67. The fourth-order valence-electron chi connectivity index (χ4n) is 1.14. The third-order valence-electron chi connectivity index (χ3n) is 1.86. The molecule has 5 heteroatoms. The van der Waals surface area contributed by atoms with Gasteiger partial charge >= 0.3 is 0 Å². The third kappa shape index (κ3) is 2.93. The van der Waals surface area contributed by atoms with Crippen LogP contribution in [0.15, 0.2) is 34.4 Å². The van der Waals surface area contributed by atoms with Crippen molar-refractivity contribution in [3.63, 3.8) is 0 Å². The highest BCUT2D eigenvalue weighted by atomic mass is 79.9. The summed E-state index contributed by atoms with van der Waals surface area (Å²) in [6.45, 7) is 0.767. The Hall–Kier alpha value is -0.580. The maximum atomic E-state index is 5.91. The minimum Gasteiger partial charge on any atom is -0.379 e. The molecule has 0 saturated carbocycles. The van der Waals surface area contributed by atoms with Gasteiger partial charge < -0.3 is 5.32 Å². The van der Waals surface area contributed by atoms with Gasteiger partial charge in [0.15, 0.2) is 0 Å². The zero-order valence-corrected chi connectivity index (χ0v) is 10.9. The van der Waals surface area contributed by atoms with Crippen molar-refractivity contribution >= 4 is 44.6 Å². The number of halogens is 2. The SMILES string of the molecule is Clc1ccc(Br)c(NCc2cncs2)c1. The average Bonchev–Trinajstić information content (AvgIpc) is 2.72. The van der Waals surface area contributed by atoms with Crippen LogP contribution < -0.4 is 5.32 Å². The van der Waals surface area contributed by atoms with Crippen LogP contribution >= 0.6 is 38.9 Å². The molecule has 0 amide bonds. The molecule has 0 fully saturated rings. The molecule has 2 aromatic rings. The van der Waals surface area contributed by atoms with E-state index in [-0.39, 0.29) is 0 Å². The van der Waals surface area contributed by atoms with Gasteiger partial charge in [0, 0.05) is 20.6 Å². The standard InChI is InChI=1S/C10H8BrClN2S/c11-9-2-1-7(12)3-10(9)14-5-8-4-13-6-15-8/h1-4,6,14H,5H2. The highest BCUT2D eigenvalue weighted by Crippen LogP contribution is 2.26. The highest BCUT2D eigenvalue weighted by molar-refractivity contribution is 9.10. The Morgan fingerprint density at radius 1 is 1.47 bits per heavy atom. The Kier molecular flexibility index (Phi) is 3.61. The van der Waals surface area contributed by atoms with E-state index in [1.54, 1.807) is 11.3 Å². The van der Waals surface area contributed by atoms with E-state index in [1.807, 2.05) is 29.9 Å². The predicted molar refractivity (Wildman–Crippen MR) is 68.6 cm³/mol. The maximum Gasteiger partial charge on any atom is 0.0794 e. The molecule has 1 heterocycles. The van der Waals surface area contributed by atoms with E-state index in [2.05, 4.69) is 26.2 Å². The van der Waals surface area contributed by atoms with E-state index in [4.69, 9.17) is 11.6 Å². The fraction of sp³-hybridized carbons (Fsp3) is 0.100. The summed E-state index contributed by atoms with van der Waals surface area (Å²) in [6.07, 6.45) is 1.86. The number of hydrogen-bond acceptors (Lipinski definition) is 3. The minimum atomic E-state index is 0.727. The van der Waals surface area contributed by atoms with E-state index < -0.39 is 0 Å². The van der Waals surface area contributed by atoms with Crippen LogP contribution in [-0.4, -0.2) is 4.98 Å². The van der Waals surface area contributed by atoms with Gasteiger partial charge in [0.05, 0.1) is 17.7 Å². The van der Waals surface area contributed by atoms with E-state index in [0.29, 0.717) is 0 Å². The van der Waals surface area contributed by atoms with Crippen LogP contribution in [0.5, 0.6) is 0 Å². The van der Waals surface area contributed by atoms with Crippen LogP contribution in [0.3, 0.4) is 0 Å². The zero-order valence-electron chi connectivity index (χ0n) is 7.71. The number of nitrogens with zero attached hydrogens (tertiary/aromatic N) is 1. The summed E-state index contributed by atoms with van der Waals surface area (Å²) >= 11 is 11.0. The molecule has 78 valence electrons. The van der Waals surface area contributed by atoms with Crippen LogP contribution in [-0.2, 0) is 6.54 Å². The number of anilines is 1. The molecule has 0 atom stereocenters. The Bertz CT molecular complexity index is 445. The van der Waals surface area contributed by atoms with Gasteiger partial charge in [0.1, 0.15) is 0 Å². The molecule has 0 aliphatic carbocycles. The van der Waals surface area contributed by atoms with Crippen LogP contribution in [0.4, 0.5) is 5.69 Å². The molecular formula is C10H8BrClN2S. The molecular weight excluding hydrogens is 296 g/mol. The summed E-state index contributed by atoms with van der Waals surface area (Å²) in [5.74, 6) is 0. The Balaban J connectivity index is 2.07. The summed E-state index contributed by atoms with van der Waals surface area (Å²) in [5, 5.41) is 4.02. The second-order valence-electron chi connectivity index (χ2n) is 2.95. The Morgan fingerprint density at radius 2 is 2.33 bits per heavy atom. The molecule has 0 spiro atoms. The van der Waals surface area contributed by atoms with Crippen molar-refractivity contribution in [3.8, 4) is 0 Å². The number of rotatable bonds is 3. The van der Waals surface area contributed by atoms with Gasteiger partial charge in [0.2, 0.25) is 0 Å². The van der Waals surface area contributed by atoms with Gasteiger partial charge in [0.25, 0.3) is 0 Å². The van der Waals surface area contributed by atoms with Crippen molar-refractivity contribution in [1.82, 2.24) is 4.98 Å². The van der Waals surface area contributed by atoms with Crippen LogP contribution in [0, 0.1) is 0 Å². The molecule has 0 bridgehead atoms. The van der Waals surface area contributed by atoms with Gasteiger partial charge in [-0.1, -0.05) is 11.6 Å².